The van der Waals surface area contributed by atoms with E-state index in [1.54, 1.807) is 0 Å². The van der Waals surface area contributed by atoms with Crippen LogP contribution in [-0.4, -0.2) is 29.0 Å². The van der Waals surface area contributed by atoms with Crippen molar-refractivity contribution in [2.45, 2.75) is 19.0 Å². The number of rotatable bonds is 4. The second-order valence-electron chi connectivity index (χ2n) is 6.43. The number of aromatic nitrogens is 1. The van der Waals surface area contributed by atoms with Crippen LogP contribution in [0.5, 0.6) is 0 Å². The smallest absolute Gasteiger partial charge is 0.0406 e. The molecule has 1 unspecified atom stereocenters. The average Bonchev–Trinajstić information content (AvgIpc) is 3.04. The van der Waals surface area contributed by atoms with Crippen molar-refractivity contribution >= 4 is 28.1 Å². The van der Waals surface area contributed by atoms with E-state index in [2.05, 4.69) is 51.6 Å². The molecule has 1 fully saturated rings. The largest absolute Gasteiger partial charge is 0.381 e. The molecule has 4 rings (SSSR count). The Morgan fingerprint density at radius 1 is 1.08 bits per heavy atom. The van der Waals surface area contributed by atoms with Gasteiger partial charge in [0.1, 0.15) is 0 Å². The van der Waals surface area contributed by atoms with Crippen LogP contribution in [0.15, 0.2) is 60.9 Å². The highest BCUT2D eigenvalue weighted by Gasteiger charge is 2.22. The summed E-state index contributed by atoms with van der Waals surface area (Å²) in [6.45, 7) is 3.17. The minimum Gasteiger partial charge on any atom is -0.381 e. The van der Waals surface area contributed by atoms with Crippen molar-refractivity contribution in [2.75, 3.05) is 18.4 Å². The predicted octanol–water partition coefficient (Wildman–Crippen LogP) is 4.57. The Hall–Kier alpha value is -2.10. The number of hydrogen-bond acceptors (Lipinski definition) is 3. The Morgan fingerprint density at radius 2 is 1.96 bits per heavy atom. The number of likely N-dealkylation sites (tertiary alicyclic amines) is 1. The Balaban J connectivity index is 1.38. The third-order valence-electron chi connectivity index (χ3n) is 4.60. The fourth-order valence-corrected chi connectivity index (χ4v) is 3.48. The first-order valence-electron chi connectivity index (χ1n) is 8.33. The van der Waals surface area contributed by atoms with Crippen LogP contribution in [0, 0.1) is 0 Å². The van der Waals surface area contributed by atoms with Crippen LogP contribution in [0.3, 0.4) is 0 Å². The van der Waals surface area contributed by atoms with Crippen molar-refractivity contribution in [3.05, 3.63) is 71.5 Å². The van der Waals surface area contributed by atoms with E-state index in [0.717, 1.165) is 24.7 Å². The number of pyridine rings is 1. The van der Waals surface area contributed by atoms with E-state index in [1.165, 1.54) is 28.4 Å². The number of fused-ring (bicyclic) bond motifs is 1. The van der Waals surface area contributed by atoms with E-state index in [1.807, 2.05) is 24.5 Å². The van der Waals surface area contributed by atoms with Crippen molar-refractivity contribution in [1.82, 2.24) is 9.88 Å². The normalized spacial score (nSPS) is 18.1. The first-order valence-corrected chi connectivity index (χ1v) is 8.71. The summed E-state index contributed by atoms with van der Waals surface area (Å²) in [5.41, 5.74) is 2.50. The molecule has 0 radical (unpaired) electrons. The van der Waals surface area contributed by atoms with Gasteiger partial charge in [0.2, 0.25) is 0 Å². The third kappa shape index (κ3) is 3.53. The van der Waals surface area contributed by atoms with Gasteiger partial charge in [-0.3, -0.25) is 9.88 Å². The quantitative estimate of drug-likeness (QED) is 0.755. The van der Waals surface area contributed by atoms with Crippen molar-refractivity contribution in [2.24, 2.45) is 0 Å². The van der Waals surface area contributed by atoms with Crippen LogP contribution in [0.2, 0.25) is 5.02 Å². The summed E-state index contributed by atoms with van der Waals surface area (Å²) in [4.78, 5) is 6.66. The lowest BCUT2D eigenvalue weighted by Crippen LogP contribution is -2.25. The van der Waals surface area contributed by atoms with Crippen LogP contribution < -0.4 is 5.32 Å². The molecule has 4 heteroatoms. The van der Waals surface area contributed by atoms with E-state index < -0.39 is 0 Å². The van der Waals surface area contributed by atoms with Gasteiger partial charge in [0.15, 0.2) is 0 Å². The number of nitrogens with one attached hydrogen (secondary N) is 1. The highest BCUT2D eigenvalue weighted by Crippen LogP contribution is 2.22. The van der Waals surface area contributed by atoms with E-state index in [9.17, 15) is 0 Å². The van der Waals surface area contributed by atoms with Gasteiger partial charge in [0, 0.05) is 54.2 Å². The Morgan fingerprint density at radius 3 is 2.83 bits per heavy atom. The fourth-order valence-electron chi connectivity index (χ4n) is 3.35. The molecule has 0 amide bonds. The van der Waals surface area contributed by atoms with E-state index in [0.29, 0.717) is 6.04 Å². The molecular formula is C20H20ClN3. The van der Waals surface area contributed by atoms with Crippen molar-refractivity contribution in [3.63, 3.8) is 0 Å². The molecule has 1 aliphatic heterocycles. The van der Waals surface area contributed by atoms with Gasteiger partial charge in [-0.05, 0) is 47.7 Å². The van der Waals surface area contributed by atoms with Gasteiger partial charge in [-0.2, -0.15) is 0 Å². The number of nitrogens with zero attached hydrogens (tertiary/aromatic N) is 2. The minimum absolute atomic E-state index is 0.497. The van der Waals surface area contributed by atoms with Gasteiger partial charge in [-0.25, -0.2) is 0 Å². The lowest BCUT2D eigenvalue weighted by molar-refractivity contribution is 0.328. The fraction of sp³-hybridized carbons (Fsp3) is 0.250. The van der Waals surface area contributed by atoms with Crippen LogP contribution in [-0.2, 0) is 6.54 Å². The zero-order valence-electron chi connectivity index (χ0n) is 13.5. The molecule has 122 valence electrons. The maximum absolute atomic E-state index is 5.96. The average molecular weight is 338 g/mol. The van der Waals surface area contributed by atoms with Gasteiger partial charge >= 0.3 is 0 Å². The number of benzene rings is 2. The zero-order chi connectivity index (χ0) is 16.4. The highest BCUT2D eigenvalue weighted by molar-refractivity contribution is 6.30. The molecule has 1 aromatic heterocycles. The molecule has 3 aromatic rings. The van der Waals surface area contributed by atoms with Gasteiger partial charge in [0.25, 0.3) is 0 Å². The molecule has 1 atom stereocenters. The van der Waals surface area contributed by atoms with Crippen molar-refractivity contribution in [1.29, 1.82) is 0 Å². The lowest BCUT2D eigenvalue weighted by Gasteiger charge is -2.18. The van der Waals surface area contributed by atoms with E-state index >= 15 is 0 Å². The number of halogens is 1. The molecule has 0 spiro atoms. The topological polar surface area (TPSA) is 28.2 Å². The molecule has 3 nitrogen and oxygen atoms in total. The summed E-state index contributed by atoms with van der Waals surface area (Å²) < 4.78 is 0. The van der Waals surface area contributed by atoms with Gasteiger partial charge in [-0.1, -0.05) is 29.8 Å². The summed E-state index contributed by atoms with van der Waals surface area (Å²) in [6, 6.07) is 17.2. The number of hydrogen-bond donors (Lipinski definition) is 1. The van der Waals surface area contributed by atoms with Gasteiger partial charge in [0.05, 0.1) is 0 Å². The highest BCUT2D eigenvalue weighted by atomic mass is 35.5. The van der Waals surface area contributed by atoms with Crippen LogP contribution in [0.25, 0.3) is 10.8 Å². The summed E-state index contributed by atoms with van der Waals surface area (Å²) in [7, 11) is 0. The molecule has 2 heterocycles. The summed E-state index contributed by atoms with van der Waals surface area (Å²) in [6.07, 6.45) is 4.92. The maximum atomic E-state index is 5.96. The number of anilines is 1. The zero-order valence-corrected chi connectivity index (χ0v) is 14.2. The monoisotopic (exact) mass is 337 g/mol. The molecular weight excluding hydrogens is 318 g/mol. The molecule has 0 bridgehead atoms. The third-order valence-corrected chi connectivity index (χ3v) is 4.86. The van der Waals surface area contributed by atoms with E-state index in [-0.39, 0.29) is 0 Å². The summed E-state index contributed by atoms with van der Waals surface area (Å²) in [5, 5.41) is 6.88. The molecule has 1 N–H and O–H groups in total. The second-order valence-corrected chi connectivity index (χ2v) is 6.87. The molecule has 0 saturated carbocycles. The van der Waals surface area contributed by atoms with E-state index in [4.69, 9.17) is 11.6 Å². The van der Waals surface area contributed by atoms with Crippen molar-refractivity contribution < 1.29 is 0 Å². The summed E-state index contributed by atoms with van der Waals surface area (Å²) in [5.74, 6) is 0. The second kappa shape index (κ2) is 6.80. The first-order chi connectivity index (χ1) is 11.8. The first kappa shape index (κ1) is 15.4. The Labute approximate surface area is 147 Å². The minimum atomic E-state index is 0.497. The molecule has 24 heavy (non-hydrogen) atoms. The molecule has 1 aliphatic rings. The predicted molar refractivity (Wildman–Crippen MR) is 100 cm³/mol. The van der Waals surface area contributed by atoms with Crippen LogP contribution >= 0.6 is 11.6 Å². The SMILES string of the molecule is Clc1ccc(CN2CCC(Nc3ccc4cnccc4c3)C2)cc1. The molecule has 0 aliphatic carbocycles. The maximum Gasteiger partial charge on any atom is 0.0406 e. The Kier molecular flexibility index (Phi) is 4.37. The molecule has 1 saturated heterocycles. The van der Waals surface area contributed by atoms with Crippen LogP contribution in [0.4, 0.5) is 5.69 Å². The van der Waals surface area contributed by atoms with Crippen molar-refractivity contribution in [3.8, 4) is 0 Å². The van der Waals surface area contributed by atoms with Crippen LogP contribution in [0.1, 0.15) is 12.0 Å². The van der Waals surface area contributed by atoms with Gasteiger partial charge < -0.3 is 5.32 Å². The summed E-state index contributed by atoms with van der Waals surface area (Å²) >= 11 is 5.96. The lowest BCUT2D eigenvalue weighted by atomic mass is 10.1. The molecule has 2 aromatic carbocycles. The van der Waals surface area contributed by atoms with Gasteiger partial charge in [-0.15, -0.1) is 0 Å². The Bertz CT molecular complexity index is 832. The standard InChI is InChI=1S/C20H20ClN3/c21-18-4-1-15(2-5-18)13-24-10-8-20(14-24)23-19-6-3-17-12-22-9-7-16(17)11-19/h1-7,9,11-12,20,23H,8,10,13-14H2.